The topological polar surface area (TPSA) is 98.3 Å². The third-order valence-corrected chi connectivity index (χ3v) is 4.55. The van der Waals surface area contributed by atoms with Crippen molar-refractivity contribution >= 4 is 41.9 Å². The molecular weight excluding hydrogens is 451 g/mol. The number of ether oxygens (including phenoxy) is 1. The number of carbonyl (C=O) groups excluding carboxylic acids is 2. The van der Waals surface area contributed by atoms with Gasteiger partial charge in [-0.15, -0.1) is 24.0 Å². The van der Waals surface area contributed by atoms with Crippen molar-refractivity contribution < 1.29 is 14.3 Å². The molecule has 0 aliphatic carbocycles. The fraction of sp³-hybridized carbons (Fsp3) is 0.812. The highest BCUT2D eigenvalue weighted by Gasteiger charge is 2.28. The molecule has 9 nitrogen and oxygen atoms in total. The van der Waals surface area contributed by atoms with Gasteiger partial charge in [-0.25, -0.2) is 4.79 Å². The summed E-state index contributed by atoms with van der Waals surface area (Å²) in [5, 5.41) is 9.01. The molecule has 0 aromatic heterocycles. The van der Waals surface area contributed by atoms with Crippen LogP contribution in [0, 0.1) is 5.92 Å². The van der Waals surface area contributed by atoms with E-state index in [0.717, 1.165) is 32.8 Å². The molecule has 2 aliphatic rings. The highest BCUT2D eigenvalue weighted by molar-refractivity contribution is 14.0. The van der Waals surface area contributed by atoms with Crippen LogP contribution in [0.15, 0.2) is 4.99 Å². The van der Waals surface area contributed by atoms with Gasteiger partial charge in [0.25, 0.3) is 0 Å². The van der Waals surface area contributed by atoms with Crippen LogP contribution in [0.2, 0.25) is 0 Å². The second-order valence-corrected chi connectivity index (χ2v) is 6.54. The molecule has 26 heavy (non-hydrogen) atoms. The number of imide groups is 1. The number of amides is 3. The number of aliphatic imine (C=N–C) groups is 1. The molecule has 0 saturated carbocycles. The number of rotatable bonds is 7. The molecule has 0 radical (unpaired) electrons. The Hall–Kier alpha value is -1.14. The molecule has 0 spiro atoms. The van der Waals surface area contributed by atoms with Crippen LogP contribution in [0.1, 0.15) is 13.8 Å². The van der Waals surface area contributed by atoms with E-state index < -0.39 is 0 Å². The van der Waals surface area contributed by atoms with Crippen LogP contribution in [0.5, 0.6) is 0 Å². The Bertz CT molecular complexity index is 480. The zero-order valence-corrected chi connectivity index (χ0v) is 18.1. The van der Waals surface area contributed by atoms with Gasteiger partial charge in [-0.1, -0.05) is 13.8 Å². The Morgan fingerprint density at radius 1 is 1.27 bits per heavy atom. The third kappa shape index (κ3) is 6.54. The van der Waals surface area contributed by atoms with Gasteiger partial charge in [0.2, 0.25) is 5.91 Å². The summed E-state index contributed by atoms with van der Waals surface area (Å²) in [5.74, 6) is 0.988. The normalized spacial score (nSPS) is 20.0. The van der Waals surface area contributed by atoms with Gasteiger partial charge in [0, 0.05) is 45.8 Å². The lowest BCUT2D eigenvalue weighted by Crippen LogP contribution is -2.53. The van der Waals surface area contributed by atoms with Gasteiger partial charge in [0.15, 0.2) is 5.96 Å². The number of carbonyl (C=O) groups is 2. The number of nitrogens with one attached hydrogen (secondary N) is 3. The highest BCUT2D eigenvalue weighted by Crippen LogP contribution is 2.12. The molecule has 2 aliphatic heterocycles. The van der Waals surface area contributed by atoms with Gasteiger partial charge in [0.1, 0.15) is 0 Å². The minimum atomic E-state index is -0.332. The third-order valence-electron chi connectivity index (χ3n) is 4.55. The highest BCUT2D eigenvalue weighted by atomic mass is 127. The van der Waals surface area contributed by atoms with Crippen molar-refractivity contribution in [2.24, 2.45) is 10.9 Å². The summed E-state index contributed by atoms with van der Waals surface area (Å²) < 4.78 is 5.43. The van der Waals surface area contributed by atoms with Crippen molar-refractivity contribution in [3.8, 4) is 0 Å². The molecule has 3 N–H and O–H groups in total. The Balaban J connectivity index is 0.00000338. The average Bonchev–Trinajstić information content (AvgIpc) is 2.92. The smallest absolute Gasteiger partial charge is 0.324 e. The molecule has 3 amide bonds. The lowest BCUT2D eigenvalue weighted by atomic mass is 10.0. The van der Waals surface area contributed by atoms with Crippen molar-refractivity contribution in [2.75, 3.05) is 59.5 Å². The number of guanidine groups is 1. The van der Waals surface area contributed by atoms with E-state index in [2.05, 4.69) is 39.7 Å². The molecule has 2 fully saturated rings. The van der Waals surface area contributed by atoms with Crippen molar-refractivity contribution in [3.05, 3.63) is 0 Å². The van der Waals surface area contributed by atoms with Crippen LogP contribution in [-0.4, -0.2) is 93.3 Å². The van der Waals surface area contributed by atoms with E-state index in [9.17, 15) is 9.59 Å². The molecule has 10 heteroatoms. The van der Waals surface area contributed by atoms with Crippen LogP contribution in [0.25, 0.3) is 0 Å². The number of hydrogen-bond acceptors (Lipinski definition) is 5. The van der Waals surface area contributed by atoms with Crippen LogP contribution in [0.4, 0.5) is 4.79 Å². The number of nitrogens with zero attached hydrogens (tertiary/aromatic N) is 3. The summed E-state index contributed by atoms with van der Waals surface area (Å²) >= 11 is 0. The number of morpholine rings is 1. The molecule has 2 saturated heterocycles. The van der Waals surface area contributed by atoms with E-state index >= 15 is 0 Å². The van der Waals surface area contributed by atoms with Gasteiger partial charge < -0.3 is 20.7 Å². The van der Waals surface area contributed by atoms with Crippen LogP contribution < -0.4 is 16.0 Å². The van der Waals surface area contributed by atoms with Gasteiger partial charge in [-0.3, -0.25) is 19.6 Å². The van der Waals surface area contributed by atoms with Gasteiger partial charge >= 0.3 is 6.03 Å². The molecule has 0 bridgehead atoms. The number of hydrogen-bond donors (Lipinski definition) is 3. The maximum absolute atomic E-state index is 11.5. The number of urea groups is 1. The van der Waals surface area contributed by atoms with E-state index in [0.29, 0.717) is 31.0 Å². The quantitative estimate of drug-likeness (QED) is 0.199. The molecule has 1 unspecified atom stereocenters. The maximum atomic E-state index is 11.5. The predicted molar refractivity (Wildman–Crippen MR) is 111 cm³/mol. The largest absolute Gasteiger partial charge is 0.379 e. The van der Waals surface area contributed by atoms with Crippen LogP contribution in [-0.2, 0) is 9.53 Å². The van der Waals surface area contributed by atoms with Crippen molar-refractivity contribution in [1.82, 2.24) is 25.8 Å². The summed E-state index contributed by atoms with van der Waals surface area (Å²) in [6.07, 6.45) is 0. The average molecular weight is 482 g/mol. The van der Waals surface area contributed by atoms with E-state index in [4.69, 9.17) is 4.74 Å². The maximum Gasteiger partial charge on any atom is 0.324 e. The first kappa shape index (κ1) is 22.9. The van der Waals surface area contributed by atoms with E-state index in [-0.39, 0.29) is 42.5 Å². The minimum absolute atomic E-state index is 0. The number of halogens is 1. The zero-order valence-electron chi connectivity index (χ0n) is 15.8. The predicted octanol–water partition coefficient (Wildman–Crippen LogP) is -0.322. The molecule has 0 aromatic rings. The lowest BCUT2D eigenvalue weighted by Gasteiger charge is -2.37. The first-order valence-electron chi connectivity index (χ1n) is 8.87. The van der Waals surface area contributed by atoms with E-state index in [1.807, 2.05) is 0 Å². The molecule has 150 valence electrons. The second-order valence-electron chi connectivity index (χ2n) is 6.54. The first-order chi connectivity index (χ1) is 12.0. The van der Waals surface area contributed by atoms with Crippen molar-refractivity contribution in [3.63, 3.8) is 0 Å². The first-order valence-corrected chi connectivity index (χ1v) is 8.87. The molecule has 2 rings (SSSR count). The van der Waals surface area contributed by atoms with Crippen molar-refractivity contribution in [2.45, 2.75) is 19.9 Å². The molecular formula is C16H31IN6O3. The second kappa shape index (κ2) is 11.5. The lowest BCUT2D eigenvalue weighted by molar-refractivity contribution is -0.124. The Morgan fingerprint density at radius 2 is 1.96 bits per heavy atom. The Labute approximate surface area is 172 Å². The summed E-state index contributed by atoms with van der Waals surface area (Å²) in [6, 6.07) is 0.0651. The van der Waals surface area contributed by atoms with Crippen molar-refractivity contribution in [1.29, 1.82) is 0 Å². The standard InChI is InChI=1S/C16H30N6O3.HI/c1-12(2)13(21-6-8-25-9-7-21)10-19-15(17-3)18-4-5-22-14(23)11-20-16(22)24;/h12-13H,4-11H2,1-3H3,(H,20,24)(H2,17,18,19);1H. The van der Waals surface area contributed by atoms with E-state index in [1.54, 1.807) is 7.05 Å². The Morgan fingerprint density at radius 3 is 2.50 bits per heavy atom. The minimum Gasteiger partial charge on any atom is -0.379 e. The van der Waals surface area contributed by atoms with E-state index in [1.165, 1.54) is 4.90 Å². The summed E-state index contributed by atoms with van der Waals surface area (Å²) in [6.45, 7) is 9.54. The van der Waals surface area contributed by atoms with Crippen LogP contribution >= 0.6 is 24.0 Å². The Kier molecular flexibility index (Phi) is 10.2. The molecule has 1 atom stereocenters. The monoisotopic (exact) mass is 482 g/mol. The van der Waals surface area contributed by atoms with Gasteiger partial charge in [0.05, 0.1) is 19.8 Å². The van der Waals surface area contributed by atoms with Gasteiger partial charge in [-0.05, 0) is 5.92 Å². The summed E-state index contributed by atoms with van der Waals surface area (Å²) in [4.78, 5) is 30.9. The fourth-order valence-electron chi connectivity index (χ4n) is 3.09. The molecule has 2 heterocycles. The van der Waals surface area contributed by atoms with Gasteiger partial charge in [-0.2, -0.15) is 0 Å². The zero-order chi connectivity index (χ0) is 18.2. The van der Waals surface area contributed by atoms with Crippen LogP contribution in [0.3, 0.4) is 0 Å². The molecule has 0 aromatic carbocycles. The summed E-state index contributed by atoms with van der Waals surface area (Å²) in [5.41, 5.74) is 0. The summed E-state index contributed by atoms with van der Waals surface area (Å²) in [7, 11) is 1.71. The fourth-order valence-corrected chi connectivity index (χ4v) is 3.09. The SMILES string of the molecule is CN=C(NCCN1C(=O)CNC1=O)NCC(C(C)C)N1CCOCC1.I.